The topological polar surface area (TPSA) is 17.1 Å². The summed E-state index contributed by atoms with van der Waals surface area (Å²) in [6.07, 6.45) is 1.74. The standard InChI is InChI=1S/C15H16IOP/c16-12-7-13-18(17,14-8-3-1-4-9-14)15-10-5-2-6-11-15/h1-6,8-11H,7,12-13H2. The zero-order valence-electron chi connectivity index (χ0n) is 10.1. The number of rotatable bonds is 5. The van der Waals surface area contributed by atoms with Crippen molar-refractivity contribution in [2.75, 3.05) is 10.6 Å². The predicted octanol–water partition coefficient (Wildman–Crippen LogP) is 3.83. The van der Waals surface area contributed by atoms with Crippen LogP contribution in [0.5, 0.6) is 0 Å². The fraction of sp³-hybridized carbons (Fsp3) is 0.200. The van der Waals surface area contributed by atoms with E-state index in [1.54, 1.807) is 0 Å². The average molecular weight is 370 g/mol. The molecule has 0 aromatic heterocycles. The molecule has 1 nitrogen and oxygen atoms in total. The molecule has 18 heavy (non-hydrogen) atoms. The third-order valence-electron chi connectivity index (χ3n) is 2.95. The summed E-state index contributed by atoms with van der Waals surface area (Å²) in [5.74, 6) is 0. The fourth-order valence-electron chi connectivity index (χ4n) is 2.03. The largest absolute Gasteiger partial charge is 0.314 e. The normalized spacial score (nSPS) is 11.4. The van der Waals surface area contributed by atoms with E-state index >= 15 is 0 Å². The number of alkyl halides is 1. The molecule has 0 atom stereocenters. The monoisotopic (exact) mass is 370 g/mol. The summed E-state index contributed by atoms with van der Waals surface area (Å²) in [5.41, 5.74) is 0. The molecule has 0 bridgehead atoms. The van der Waals surface area contributed by atoms with Gasteiger partial charge in [-0.2, -0.15) is 0 Å². The van der Waals surface area contributed by atoms with Gasteiger partial charge < -0.3 is 4.57 Å². The van der Waals surface area contributed by atoms with Crippen LogP contribution in [0, 0.1) is 0 Å². The summed E-state index contributed by atoms with van der Waals surface area (Å²) in [6, 6.07) is 19.8. The first-order chi connectivity index (χ1) is 8.77. The molecule has 0 unspecified atom stereocenters. The van der Waals surface area contributed by atoms with Crippen molar-refractivity contribution in [2.45, 2.75) is 6.42 Å². The van der Waals surface area contributed by atoms with Crippen molar-refractivity contribution in [3.05, 3.63) is 60.7 Å². The minimum atomic E-state index is -2.45. The third-order valence-corrected chi connectivity index (χ3v) is 6.93. The maximum absolute atomic E-state index is 13.4. The van der Waals surface area contributed by atoms with Gasteiger partial charge in [-0.3, -0.25) is 0 Å². The van der Waals surface area contributed by atoms with Crippen LogP contribution in [-0.4, -0.2) is 10.6 Å². The Labute approximate surface area is 122 Å². The molecule has 2 rings (SSSR count). The Morgan fingerprint density at radius 3 is 1.67 bits per heavy atom. The van der Waals surface area contributed by atoms with E-state index < -0.39 is 7.14 Å². The minimum absolute atomic E-state index is 0.754. The Hall–Kier alpha value is -0.600. The van der Waals surface area contributed by atoms with Gasteiger partial charge in [0.25, 0.3) is 0 Å². The van der Waals surface area contributed by atoms with Gasteiger partial charge in [0, 0.05) is 16.8 Å². The van der Waals surface area contributed by atoms with E-state index in [0.29, 0.717) is 0 Å². The lowest BCUT2D eigenvalue weighted by Gasteiger charge is -2.18. The highest BCUT2D eigenvalue weighted by molar-refractivity contribution is 14.1. The van der Waals surface area contributed by atoms with Crippen molar-refractivity contribution >= 4 is 40.3 Å². The van der Waals surface area contributed by atoms with Crippen LogP contribution in [0.3, 0.4) is 0 Å². The lowest BCUT2D eigenvalue weighted by Crippen LogP contribution is -2.18. The number of hydrogen-bond acceptors (Lipinski definition) is 1. The van der Waals surface area contributed by atoms with Crippen LogP contribution in [0.2, 0.25) is 0 Å². The van der Waals surface area contributed by atoms with Crippen molar-refractivity contribution in [3.63, 3.8) is 0 Å². The van der Waals surface area contributed by atoms with Gasteiger partial charge in [0.1, 0.15) is 7.14 Å². The van der Waals surface area contributed by atoms with Gasteiger partial charge >= 0.3 is 0 Å². The molecule has 0 heterocycles. The second-order valence-corrected chi connectivity index (χ2v) is 8.22. The summed E-state index contributed by atoms with van der Waals surface area (Å²) in [7, 11) is -2.45. The van der Waals surface area contributed by atoms with Crippen LogP contribution in [0.4, 0.5) is 0 Å². The van der Waals surface area contributed by atoms with E-state index in [2.05, 4.69) is 22.6 Å². The second kappa shape index (κ2) is 6.53. The van der Waals surface area contributed by atoms with E-state index in [-0.39, 0.29) is 0 Å². The lowest BCUT2D eigenvalue weighted by atomic mass is 10.4. The van der Waals surface area contributed by atoms with E-state index in [0.717, 1.165) is 27.6 Å². The van der Waals surface area contributed by atoms with Gasteiger partial charge in [0.15, 0.2) is 0 Å². The van der Waals surface area contributed by atoms with Crippen molar-refractivity contribution < 1.29 is 4.57 Å². The molecule has 0 amide bonds. The van der Waals surface area contributed by atoms with Gasteiger partial charge in [0.05, 0.1) is 0 Å². The van der Waals surface area contributed by atoms with Gasteiger partial charge in [-0.1, -0.05) is 83.3 Å². The van der Waals surface area contributed by atoms with Crippen LogP contribution in [0.15, 0.2) is 60.7 Å². The molecule has 3 heteroatoms. The average Bonchev–Trinajstić information content (AvgIpc) is 2.46. The number of benzene rings is 2. The molecule has 0 aliphatic carbocycles. The number of halogens is 1. The molecule has 0 aliphatic heterocycles. The first kappa shape index (κ1) is 13.8. The van der Waals surface area contributed by atoms with Crippen LogP contribution >= 0.6 is 29.7 Å². The van der Waals surface area contributed by atoms with Crippen LogP contribution in [0.25, 0.3) is 0 Å². The van der Waals surface area contributed by atoms with Crippen LogP contribution in [-0.2, 0) is 4.57 Å². The zero-order valence-corrected chi connectivity index (χ0v) is 13.2. The van der Waals surface area contributed by atoms with Crippen LogP contribution < -0.4 is 10.6 Å². The fourth-order valence-corrected chi connectivity index (χ4v) is 5.74. The van der Waals surface area contributed by atoms with Crippen LogP contribution in [0.1, 0.15) is 6.42 Å². The summed E-state index contributed by atoms with van der Waals surface area (Å²) in [4.78, 5) is 0. The SMILES string of the molecule is O=P(CCCI)(c1ccccc1)c1ccccc1. The Morgan fingerprint density at radius 1 is 0.833 bits per heavy atom. The molecule has 94 valence electrons. The summed E-state index contributed by atoms with van der Waals surface area (Å²) in [6.45, 7) is 0. The van der Waals surface area contributed by atoms with E-state index in [4.69, 9.17) is 0 Å². The Morgan fingerprint density at radius 2 is 1.28 bits per heavy atom. The van der Waals surface area contributed by atoms with Crippen molar-refractivity contribution in [1.82, 2.24) is 0 Å². The maximum Gasteiger partial charge on any atom is 0.143 e. The van der Waals surface area contributed by atoms with Crippen molar-refractivity contribution in [2.24, 2.45) is 0 Å². The Kier molecular flexibility index (Phi) is 5.02. The van der Waals surface area contributed by atoms with Gasteiger partial charge in [-0.15, -0.1) is 0 Å². The molecule has 0 saturated heterocycles. The molecule has 0 saturated carbocycles. The second-order valence-electron chi connectivity index (χ2n) is 4.18. The zero-order chi connectivity index (χ0) is 12.8. The molecule has 0 fully saturated rings. The molecular formula is C15H16IOP. The van der Waals surface area contributed by atoms with E-state index in [9.17, 15) is 4.57 Å². The molecule has 0 aliphatic rings. The highest BCUT2D eigenvalue weighted by atomic mass is 127. The first-order valence-corrected chi connectivity index (χ1v) is 9.45. The molecule has 2 aromatic carbocycles. The van der Waals surface area contributed by atoms with Gasteiger partial charge in [-0.25, -0.2) is 0 Å². The van der Waals surface area contributed by atoms with E-state index in [1.807, 2.05) is 60.7 Å². The molecule has 0 radical (unpaired) electrons. The highest BCUT2D eigenvalue weighted by Crippen LogP contribution is 2.43. The predicted molar refractivity (Wildman–Crippen MR) is 88.1 cm³/mol. The van der Waals surface area contributed by atoms with Crippen molar-refractivity contribution in [3.8, 4) is 0 Å². The Bertz CT molecular complexity index is 481. The number of hydrogen-bond donors (Lipinski definition) is 0. The smallest absolute Gasteiger partial charge is 0.143 e. The summed E-state index contributed by atoms with van der Waals surface area (Å²) < 4.78 is 14.4. The first-order valence-electron chi connectivity index (χ1n) is 6.03. The maximum atomic E-state index is 13.4. The third kappa shape index (κ3) is 3.04. The summed E-state index contributed by atoms with van der Waals surface area (Å²) >= 11 is 2.35. The summed E-state index contributed by atoms with van der Waals surface area (Å²) in [5, 5.41) is 1.95. The van der Waals surface area contributed by atoms with Crippen molar-refractivity contribution in [1.29, 1.82) is 0 Å². The quantitative estimate of drug-likeness (QED) is 0.444. The lowest BCUT2D eigenvalue weighted by molar-refractivity contribution is 0.586. The molecule has 0 spiro atoms. The molecule has 0 N–H and O–H groups in total. The molecular weight excluding hydrogens is 354 g/mol. The van der Waals surface area contributed by atoms with E-state index in [1.165, 1.54) is 0 Å². The highest BCUT2D eigenvalue weighted by Gasteiger charge is 2.25. The Balaban J connectivity index is 2.45. The minimum Gasteiger partial charge on any atom is -0.314 e. The van der Waals surface area contributed by atoms with Gasteiger partial charge in [0.2, 0.25) is 0 Å². The van der Waals surface area contributed by atoms with Gasteiger partial charge in [-0.05, 0) is 10.8 Å². The molecule has 2 aromatic rings.